The number of rotatable bonds is 5. The number of likely N-dealkylation sites (tertiary alicyclic amines) is 1. The van der Waals surface area contributed by atoms with Crippen LogP contribution in [0.4, 0.5) is 4.79 Å². The molecule has 7 heteroatoms. The number of amides is 2. The van der Waals surface area contributed by atoms with Gasteiger partial charge in [0.25, 0.3) is 0 Å². The fourth-order valence-electron chi connectivity index (χ4n) is 2.57. The molecule has 116 valence electrons. The first kappa shape index (κ1) is 15.4. The van der Waals surface area contributed by atoms with E-state index in [4.69, 9.17) is 9.52 Å². The Morgan fingerprint density at radius 1 is 1.48 bits per heavy atom. The van der Waals surface area contributed by atoms with Crippen LogP contribution in [0.2, 0.25) is 0 Å². The Balaban J connectivity index is 1.81. The topological polar surface area (TPSA) is 94.8 Å². The molecule has 1 aliphatic heterocycles. The second-order valence-electron chi connectivity index (χ2n) is 5.24. The van der Waals surface area contributed by atoms with Crippen LogP contribution in [0.3, 0.4) is 0 Å². The summed E-state index contributed by atoms with van der Waals surface area (Å²) in [6.07, 6.45) is 2.13. The van der Waals surface area contributed by atoms with Crippen LogP contribution >= 0.6 is 0 Å². The highest BCUT2D eigenvalue weighted by molar-refractivity contribution is 5.84. The van der Waals surface area contributed by atoms with Gasteiger partial charge in [-0.15, -0.1) is 0 Å². The number of piperidine rings is 1. The van der Waals surface area contributed by atoms with Crippen LogP contribution in [0.25, 0.3) is 0 Å². The highest BCUT2D eigenvalue weighted by Crippen LogP contribution is 2.16. The van der Waals surface area contributed by atoms with Gasteiger partial charge in [-0.25, -0.2) is 9.59 Å². The molecule has 1 fully saturated rings. The van der Waals surface area contributed by atoms with Crippen molar-refractivity contribution < 1.29 is 19.1 Å². The number of carboxylic acids is 1. The second-order valence-corrected chi connectivity index (χ2v) is 5.24. The number of nitrogens with one attached hydrogen (secondary N) is 2. The summed E-state index contributed by atoms with van der Waals surface area (Å²) in [6.45, 7) is 2.60. The molecule has 2 amide bonds. The van der Waals surface area contributed by atoms with E-state index in [1.54, 1.807) is 11.0 Å². The van der Waals surface area contributed by atoms with Crippen molar-refractivity contribution in [2.24, 2.45) is 5.92 Å². The maximum atomic E-state index is 12.1. The van der Waals surface area contributed by atoms with Crippen molar-refractivity contribution >= 4 is 12.0 Å². The number of hydrogen-bond acceptors (Lipinski definition) is 4. The summed E-state index contributed by atoms with van der Waals surface area (Å²) in [6, 6.07) is 2.81. The molecule has 1 saturated heterocycles. The molecule has 1 atom stereocenters. The number of aromatic carboxylic acids is 1. The van der Waals surface area contributed by atoms with Crippen molar-refractivity contribution in [3.05, 3.63) is 23.7 Å². The molecule has 0 spiro atoms. The van der Waals surface area contributed by atoms with Gasteiger partial charge in [0.1, 0.15) is 5.76 Å². The van der Waals surface area contributed by atoms with Crippen LogP contribution in [-0.2, 0) is 6.54 Å². The highest BCUT2D eigenvalue weighted by atomic mass is 16.4. The van der Waals surface area contributed by atoms with Crippen LogP contribution < -0.4 is 10.6 Å². The molecule has 2 heterocycles. The number of carbonyl (C=O) groups is 2. The van der Waals surface area contributed by atoms with E-state index in [1.807, 2.05) is 7.05 Å². The summed E-state index contributed by atoms with van der Waals surface area (Å²) in [5.41, 5.74) is 0. The van der Waals surface area contributed by atoms with Crippen molar-refractivity contribution in [2.45, 2.75) is 19.4 Å². The zero-order chi connectivity index (χ0) is 15.2. The Labute approximate surface area is 123 Å². The Morgan fingerprint density at radius 3 is 2.95 bits per heavy atom. The lowest BCUT2D eigenvalue weighted by molar-refractivity contribution is 0.0660. The lowest BCUT2D eigenvalue weighted by Gasteiger charge is -2.32. The first-order chi connectivity index (χ1) is 10.1. The molecule has 1 unspecified atom stereocenters. The maximum absolute atomic E-state index is 12.1. The SMILES string of the molecule is CNCC1CCCN(C(=O)NCc2ccc(C(=O)O)o2)C1. The van der Waals surface area contributed by atoms with E-state index in [2.05, 4.69) is 10.6 Å². The number of hydrogen-bond donors (Lipinski definition) is 3. The normalized spacial score (nSPS) is 18.5. The van der Waals surface area contributed by atoms with Crippen LogP contribution in [0.15, 0.2) is 16.5 Å². The number of urea groups is 1. The van der Waals surface area contributed by atoms with Crippen LogP contribution in [0.1, 0.15) is 29.2 Å². The standard InChI is InChI=1S/C14H21N3O4/c1-15-7-10-3-2-6-17(9-10)14(20)16-8-11-4-5-12(21-11)13(18)19/h4-5,10,15H,2-3,6-9H2,1H3,(H,16,20)(H,18,19). The van der Waals surface area contributed by atoms with Gasteiger partial charge in [0.05, 0.1) is 6.54 Å². The van der Waals surface area contributed by atoms with Crippen molar-refractivity contribution in [3.63, 3.8) is 0 Å². The van der Waals surface area contributed by atoms with Crippen molar-refractivity contribution in [1.82, 2.24) is 15.5 Å². The molecule has 1 aromatic heterocycles. The molecule has 0 aromatic carbocycles. The zero-order valence-corrected chi connectivity index (χ0v) is 12.1. The molecular weight excluding hydrogens is 274 g/mol. The molecule has 0 bridgehead atoms. The van der Waals surface area contributed by atoms with Gasteiger partial charge in [-0.3, -0.25) is 0 Å². The molecular formula is C14H21N3O4. The average Bonchev–Trinajstić information content (AvgIpc) is 2.94. The van der Waals surface area contributed by atoms with Gasteiger partial charge in [0.2, 0.25) is 5.76 Å². The Kier molecular flexibility index (Phi) is 5.21. The van der Waals surface area contributed by atoms with Gasteiger partial charge in [0, 0.05) is 13.1 Å². The summed E-state index contributed by atoms with van der Waals surface area (Å²) in [7, 11) is 1.91. The first-order valence-corrected chi connectivity index (χ1v) is 7.09. The van der Waals surface area contributed by atoms with Crippen LogP contribution in [0.5, 0.6) is 0 Å². The molecule has 21 heavy (non-hydrogen) atoms. The molecule has 0 radical (unpaired) electrons. The summed E-state index contributed by atoms with van der Waals surface area (Å²) in [5.74, 6) is -0.314. The molecule has 2 rings (SSSR count). The summed E-state index contributed by atoms with van der Waals surface area (Å²) < 4.78 is 5.10. The fourth-order valence-corrected chi connectivity index (χ4v) is 2.57. The maximum Gasteiger partial charge on any atom is 0.371 e. The van der Waals surface area contributed by atoms with Gasteiger partial charge in [-0.2, -0.15) is 0 Å². The number of furan rings is 1. The quantitative estimate of drug-likeness (QED) is 0.756. The minimum absolute atomic E-state index is 0.119. The van der Waals surface area contributed by atoms with Crippen LogP contribution in [0, 0.1) is 5.92 Å². The summed E-state index contributed by atoms with van der Waals surface area (Å²) >= 11 is 0. The zero-order valence-electron chi connectivity index (χ0n) is 12.1. The number of nitrogens with zero attached hydrogens (tertiary/aromatic N) is 1. The van der Waals surface area contributed by atoms with Crippen molar-refractivity contribution in [1.29, 1.82) is 0 Å². The van der Waals surface area contributed by atoms with E-state index in [0.717, 1.165) is 32.5 Å². The van der Waals surface area contributed by atoms with E-state index >= 15 is 0 Å². The lowest BCUT2D eigenvalue weighted by Crippen LogP contribution is -2.46. The van der Waals surface area contributed by atoms with E-state index < -0.39 is 5.97 Å². The van der Waals surface area contributed by atoms with Crippen molar-refractivity contribution in [3.8, 4) is 0 Å². The predicted octanol–water partition coefficient (Wildman–Crippen LogP) is 1.12. The molecule has 7 nitrogen and oxygen atoms in total. The molecule has 1 aliphatic rings. The third-order valence-electron chi connectivity index (χ3n) is 3.59. The predicted molar refractivity (Wildman–Crippen MR) is 76.1 cm³/mol. The van der Waals surface area contributed by atoms with E-state index in [-0.39, 0.29) is 18.3 Å². The summed E-state index contributed by atoms with van der Waals surface area (Å²) in [4.78, 5) is 24.6. The largest absolute Gasteiger partial charge is 0.475 e. The fraction of sp³-hybridized carbons (Fsp3) is 0.571. The van der Waals surface area contributed by atoms with E-state index in [1.165, 1.54) is 6.07 Å². The Hall–Kier alpha value is -2.02. The molecule has 0 aliphatic carbocycles. The minimum Gasteiger partial charge on any atom is -0.475 e. The van der Waals surface area contributed by atoms with E-state index in [0.29, 0.717) is 11.7 Å². The average molecular weight is 295 g/mol. The third-order valence-corrected chi connectivity index (χ3v) is 3.59. The number of carboxylic acid groups (broad SMARTS) is 1. The first-order valence-electron chi connectivity index (χ1n) is 7.09. The monoisotopic (exact) mass is 295 g/mol. The van der Waals surface area contributed by atoms with Crippen molar-refractivity contribution in [2.75, 3.05) is 26.7 Å². The lowest BCUT2D eigenvalue weighted by atomic mass is 9.98. The molecule has 3 N–H and O–H groups in total. The third kappa shape index (κ3) is 4.22. The smallest absolute Gasteiger partial charge is 0.371 e. The van der Waals surface area contributed by atoms with Gasteiger partial charge in [-0.05, 0) is 44.5 Å². The Bertz CT molecular complexity index is 498. The number of carbonyl (C=O) groups excluding carboxylic acids is 1. The highest BCUT2D eigenvalue weighted by Gasteiger charge is 2.23. The second kappa shape index (κ2) is 7.12. The summed E-state index contributed by atoms with van der Waals surface area (Å²) in [5, 5.41) is 14.7. The minimum atomic E-state index is -1.11. The van der Waals surface area contributed by atoms with Gasteiger partial charge < -0.3 is 25.1 Å². The molecule has 0 saturated carbocycles. The molecule has 1 aromatic rings. The van der Waals surface area contributed by atoms with Gasteiger partial charge >= 0.3 is 12.0 Å². The van der Waals surface area contributed by atoms with Gasteiger partial charge in [0.15, 0.2) is 0 Å². The van der Waals surface area contributed by atoms with Crippen LogP contribution in [-0.4, -0.2) is 48.7 Å². The van der Waals surface area contributed by atoms with Gasteiger partial charge in [-0.1, -0.05) is 0 Å². The Morgan fingerprint density at radius 2 is 2.29 bits per heavy atom. The van der Waals surface area contributed by atoms with E-state index in [9.17, 15) is 9.59 Å².